The largest absolute Gasteiger partial charge is 0.476 e. The molecule has 0 aromatic heterocycles. The molecule has 0 amide bonds. The smallest absolute Gasteiger partial charge is 0.175 e. The Labute approximate surface area is 124 Å². The van der Waals surface area contributed by atoms with E-state index >= 15 is 0 Å². The molecule has 0 unspecified atom stereocenters. The minimum Gasteiger partial charge on any atom is -0.476 e. The molecule has 2 rings (SSSR count). The molecule has 0 saturated heterocycles. The molecule has 104 valence electrons. The van der Waals surface area contributed by atoms with Gasteiger partial charge in [0.05, 0.1) is 6.61 Å². The van der Waals surface area contributed by atoms with Gasteiger partial charge in [0.25, 0.3) is 0 Å². The highest BCUT2D eigenvalue weighted by Gasteiger charge is 2.30. The van der Waals surface area contributed by atoms with Gasteiger partial charge in [-0.2, -0.15) is 0 Å². The van der Waals surface area contributed by atoms with Crippen LogP contribution in [0.15, 0.2) is 72.1 Å². The number of aliphatic hydroxyl groups is 1. The zero-order chi connectivity index (χ0) is 14.4. The Morgan fingerprint density at radius 1 is 1.15 bits per heavy atom. The third kappa shape index (κ3) is 3.06. The van der Waals surface area contributed by atoms with E-state index in [0.29, 0.717) is 5.75 Å². The molecular weight excluding hydrogens is 268 g/mol. The van der Waals surface area contributed by atoms with E-state index in [-0.39, 0.29) is 6.61 Å². The van der Waals surface area contributed by atoms with Crippen LogP contribution >= 0.6 is 11.8 Å². The molecule has 0 heterocycles. The normalized spacial score (nSPS) is 13.5. The summed E-state index contributed by atoms with van der Waals surface area (Å²) in [6.45, 7) is 3.67. The van der Waals surface area contributed by atoms with E-state index in [2.05, 4.69) is 6.58 Å². The molecule has 2 aromatic rings. The lowest BCUT2D eigenvalue weighted by Crippen LogP contribution is -2.34. The standard InChI is InChI=1S/C17H18O2S/c1-3-17(13-18,19-15-7-5-4-6-8-15)14-9-11-16(20-2)12-10-14/h3-12,18H,1,13H2,2H3/t17-/m1/s1. The summed E-state index contributed by atoms with van der Waals surface area (Å²) in [5, 5.41) is 9.82. The minimum absolute atomic E-state index is 0.163. The number of hydrogen-bond acceptors (Lipinski definition) is 3. The van der Waals surface area contributed by atoms with Crippen LogP contribution in [-0.2, 0) is 5.60 Å². The van der Waals surface area contributed by atoms with Gasteiger partial charge in [0.2, 0.25) is 0 Å². The number of benzene rings is 2. The van der Waals surface area contributed by atoms with Gasteiger partial charge >= 0.3 is 0 Å². The number of hydrogen-bond donors (Lipinski definition) is 1. The van der Waals surface area contributed by atoms with Crippen LogP contribution in [0.25, 0.3) is 0 Å². The Morgan fingerprint density at radius 2 is 1.80 bits per heavy atom. The van der Waals surface area contributed by atoms with Crippen molar-refractivity contribution in [2.45, 2.75) is 10.5 Å². The zero-order valence-corrected chi connectivity index (χ0v) is 12.3. The molecule has 0 fully saturated rings. The molecule has 2 nitrogen and oxygen atoms in total. The van der Waals surface area contributed by atoms with Crippen molar-refractivity contribution in [3.8, 4) is 5.75 Å². The fourth-order valence-corrected chi connectivity index (χ4v) is 2.39. The maximum Gasteiger partial charge on any atom is 0.175 e. The summed E-state index contributed by atoms with van der Waals surface area (Å²) >= 11 is 1.68. The fraction of sp³-hybridized carbons (Fsp3) is 0.176. The topological polar surface area (TPSA) is 29.5 Å². The molecule has 0 radical (unpaired) electrons. The molecule has 0 aliphatic heterocycles. The molecule has 1 N–H and O–H groups in total. The second-order valence-electron chi connectivity index (χ2n) is 4.40. The summed E-state index contributed by atoms with van der Waals surface area (Å²) in [5.41, 5.74) is -0.0326. The second kappa shape index (κ2) is 6.64. The first-order chi connectivity index (χ1) is 9.74. The van der Waals surface area contributed by atoms with Gasteiger partial charge in [-0.3, -0.25) is 0 Å². The van der Waals surface area contributed by atoms with Crippen molar-refractivity contribution >= 4 is 11.8 Å². The van der Waals surface area contributed by atoms with E-state index in [9.17, 15) is 5.11 Å². The van der Waals surface area contributed by atoms with E-state index in [1.807, 2.05) is 60.9 Å². The Hall–Kier alpha value is -1.71. The first kappa shape index (κ1) is 14.7. The molecule has 0 saturated carbocycles. The molecule has 1 atom stereocenters. The van der Waals surface area contributed by atoms with Crippen LogP contribution in [0.4, 0.5) is 0 Å². The summed E-state index contributed by atoms with van der Waals surface area (Å²) in [6, 6.07) is 17.4. The first-order valence-electron chi connectivity index (χ1n) is 6.37. The van der Waals surface area contributed by atoms with E-state index in [0.717, 1.165) is 5.56 Å². The SMILES string of the molecule is C=C[C@](CO)(Oc1ccccc1)c1ccc(SC)cc1. The average Bonchev–Trinajstić information content (AvgIpc) is 2.54. The molecule has 0 aliphatic rings. The summed E-state index contributed by atoms with van der Waals surface area (Å²) in [7, 11) is 0. The maximum absolute atomic E-state index is 9.82. The van der Waals surface area contributed by atoms with Gasteiger partial charge in [-0.25, -0.2) is 0 Å². The van der Waals surface area contributed by atoms with E-state index in [4.69, 9.17) is 4.74 Å². The van der Waals surface area contributed by atoms with Crippen LogP contribution in [0.3, 0.4) is 0 Å². The third-order valence-corrected chi connectivity index (χ3v) is 3.93. The highest BCUT2D eigenvalue weighted by molar-refractivity contribution is 7.98. The Bertz CT molecular complexity index is 551. The van der Waals surface area contributed by atoms with Crippen LogP contribution in [0.5, 0.6) is 5.75 Å². The van der Waals surface area contributed by atoms with Crippen LogP contribution in [0.1, 0.15) is 5.56 Å². The summed E-state index contributed by atoms with van der Waals surface area (Å²) < 4.78 is 5.99. The van der Waals surface area contributed by atoms with E-state index < -0.39 is 5.60 Å². The summed E-state index contributed by atoms with van der Waals surface area (Å²) in [5.74, 6) is 0.704. The lowest BCUT2D eigenvalue weighted by atomic mass is 9.94. The van der Waals surface area contributed by atoms with Gasteiger partial charge in [-0.15, -0.1) is 11.8 Å². The van der Waals surface area contributed by atoms with E-state index in [1.165, 1.54) is 4.90 Å². The van der Waals surface area contributed by atoms with Crippen molar-refractivity contribution in [2.75, 3.05) is 12.9 Å². The van der Waals surface area contributed by atoms with Crippen molar-refractivity contribution in [2.24, 2.45) is 0 Å². The predicted octanol–water partition coefficient (Wildman–Crippen LogP) is 3.86. The Balaban J connectivity index is 2.35. The van der Waals surface area contributed by atoms with Crippen molar-refractivity contribution in [3.63, 3.8) is 0 Å². The highest BCUT2D eigenvalue weighted by atomic mass is 32.2. The van der Waals surface area contributed by atoms with Gasteiger partial charge in [0.1, 0.15) is 5.75 Å². The number of aliphatic hydroxyl groups excluding tert-OH is 1. The molecule has 0 spiro atoms. The number of thioether (sulfide) groups is 1. The molecule has 3 heteroatoms. The lowest BCUT2D eigenvalue weighted by Gasteiger charge is -2.30. The number of para-hydroxylation sites is 1. The van der Waals surface area contributed by atoms with Crippen molar-refractivity contribution in [1.82, 2.24) is 0 Å². The van der Waals surface area contributed by atoms with Crippen LogP contribution in [0.2, 0.25) is 0 Å². The van der Waals surface area contributed by atoms with Gasteiger partial charge in [-0.05, 0) is 36.6 Å². The first-order valence-corrected chi connectivity index (χ1v) is 7.59. The molecule has 0 aliphatic carbocycles. The third-order valence-electron chi connectivity index (χ3n) is 3.19. The van der Waals surface area contributed by atoms with Gasteiger partial charge in [-0.1, -0.05) is 36.9 Å². The quantitative estimate of drug-likeness (QED) is 0.646. The average molecular weight is 286 g/mol. The molecular formula is C17H18O2S. The van der Waals surface area contributed by atoms with Gasteiger partial charge in [0, 0.05) is 10.5 Å². The highest BCUT2D eigenvalue weighted by Crippen LogP contribution is 2.30. The van der Waals surface area contributed by atoms with Gasteiger partial charge in [0.15, 0.2) is 5.60 Å². The number of rotatable bonds is 6. The van der Waals surface area contributed by atoms with Crippen molar-refractivity contribution < 1.29 is 9.84 Å². The van der Waals surface area contributed by atoms with Crippen LogP contribution < -0.4 is 4.74 Å². The molecule has 0 bridgehead atoms. The summed E-state index contributed by atoms with van der Waals surface area (Å²) in [6.07, 6.45) is 3.68. The Kier molecular flexibility index (Phi) is 4.88. The van der Waals surface area contributed by atoms with Crippen LogP contribution in [0, 0.1) is 0 Å². The van der Waals surface area contributed by atoms with Crippen molar-refractivity contribution in [1.29, 1.82) is 0 Å². The zero-order valence-electron chi connectivity index (χ0n) is 11.5. The fourth-order valence-electron chi connectivity index (χ4n) is 1.98. The lowest BCUT2D eigenvalue weighted by molar-refractivity contribution is 0.0478. The monoisotopic (exact) mass is 286 g/mol. The van der Waals surface area contributed by atoms with Gasteiger partial charge < -0.3 is 9.84 Å². The second-order valence-corrected chi connectivity index (χ2v) is 5.27. The molecule has 20 heavy (non-hydrogen) atoms. The minimum atomic E-state index is -0.918. The molecule has 2 aromatic carbocycles. The maximum atomic E-state index is 9.82. The van der Waals surface area contributed by atoms with E-state index in [1.54, 1.807) is 17.8 Å². The Morgan fingerprint density at radius 3 is 2.30 bits per heavy atom. The van der Waals surface area contributed by atoms with Crippen LogP contribution in [-0.4, -0.2) is 18.0 Å². The van der Waals surface area contributed by atoms with Crippen molar-refractivity contribution in [3.05, 3.63) is 72.8 Å². The number of ether oxygens (including phenoxy) is 1. The summed E-state index contributed by atoms with van der Waals surface area (Å²) in [4.78, 5) is 1.17. The predicted molar refractivity (Wildman–Crippen MR) is 84.3 cm³/mol.